The Labute approximate surface area is 165 Å². The Morgan fingerprint density at radius 1 is 0.929 bits per heavy atom. The van der Waals surface area contributed by atoms with Crippen molar-refractivity contribution in [2.24, 2.45) is 0 Å². The van der Waals surface area contributed by atoms with Crippen LogP contribution >= 0.6 is 0 Å². The molecule has 0 aliphatic carbocycles. The maximum absolute atomic E-state index is 12.7. The molecule has 0 radical (unpaired) electrons. The number of hydrogen-bond acceptors (Lipinski definition) is 3. The van der Waals surface area contributed by atoms with E-state index < -0.39 is 12.0 Å². The minimum absolute atomic E-state index is 0.339. The minimum atomic E-state index is -1.06. The van der Waals surface area contributed by atoms with Crippen LogP contribution in [0.2, 0.25) is 0 Å². The molecule has 0 bridgehead atoms. The third-order valence-electron chi connectivity index (χ3n) is 5.03. The van der Waals surface area contributed by atoms with Crippen LogP contribution in [-0.2, 0) is 4.79 Å². The molecule has 1 unspecified atom stereocenters. The maximum atomic E-state index is 12.7. The molecule has 6 nitrogen and oxygen atoms in total. The molecule has 2 aromatic rings. The van der Waals surface area contributed by atoms with E-state index >= 15 is 0 Å². The van der Waals surface area contributed by atoms with Crippen LogP contribution in [0.25, 0.3) is 0 Å². The Kier molecular flexibility index (Phi) is 5.87. The SMILES string of the molecule is Cc1cccc(C(NC(=O)N2CCN(c3cc(C)cc(C)c3)CC2)C(=O)O)c1. The highest BCUT2D eigenvalue weighted by atomic mass is 16.4. The molecule has 1 fully saturated rings. The number of aryl methyl sites for hydroxylation is 3. The number of amides is 2. The normalized spacial score (nSPS) is 15.2. The summed E-state index contributed by atoms with van der Waals surface area (Å²) in [5, 5.41) is 12.2. The first-order valence-electron chi connectivity index (χ1n) is 9.51. The van der Waals surface area contributed by atoms with Gasteiger partial charge >= 0.3 is 12.0 Å². The van der Waals surface area contributed by atoms with Gasteiger partial charge in [0.15, 0.2) is 6.04 Å². The Morgan fingerprint density at radius 2 is 1.57 bits per heavy atom. The molecule has 0 spiro atoms. The monoisotopic (exact) mass is 381 g/mol. The number of nitrogens with one attached hydrogen (secondary N) is 1. The molecule has 1 aliphatic rings. The van der Waals surface area contributed by atoms with Crippen molar-refractivity contribution >= 4 is 17.7 Å². The number of carbonyl (C=O) groups is 2. The summed E-state index contributed by atoms with van der Waals surface area (Å²) in [4.78, 5) is 28.3. The van der Waals surface area contributed by atoms with E-state index in [4.69, 9.17) is 0 Å². The standard InChI is InChI=1S/C22H27N3O3/c1-15-5-4-6-18(12-15)20(21(26)27)23-22(28)25-9-7-24(8-10-25)19-13-16(2)11-17(3)14-19/h4-6,11-14,20H,7-10H2,1-3H3,(H,23,28)(H,26,27). The van der Waals surface area contributed by atoms with E-state index in [-0.39, 0.29) is 6.03 Å². The van der Waals surface area contributed by atoms with Crippen LogP contribution in [0.4, 0.5) is 10.5 Å². The zero-order chi connectivity index (χ0) is 20.3. The lowest BCUT2D eigenvalue weighted by atomic mass is 10.0. The van der Waals surface area contributed by atoms with Gasteiger partial charge in [-0.1, -0.05) is 35.9 Å². The highest BCUT2D eigenvalue weighted by molar-refractivity contribution is 5.84. The summed E-state index contributed by atoms with van der Waals surface area (Å²) >= 11 is 0. The maximum Gasteiger partial charge on any atom is 0.330 e. The van der Waals surface area contributed by atoms with Crippen LogP contribution in [0.15, 0.2) is 42.5 Å². The van der Waals surface area contributed by atoms with Gasteiger partial charge < -0.3 is 20.2 Å². The molecule has 0 aromatic heterocycles. The van der Waals surface area contributed by atoms with Crippen LogP contribution in [0.3, 0.4) is 0 Å². The molecular formula is C22H27N3O3. The van der Waals surface area contributed by atoms with Gasteiger partial charge in [0.2, 0.25) is 0 Å². The first-order valence-corrected chi connectivity index (χ1v) is 9.51. The third-order valence-corrected chi connectivity index (χ3v) is 5.03. The smallest absolute Gasteiger partial charge is 0.330 e. The molecule has 0 saturated carbocycles. The number of nitrogens with zero attached hydrogens (tertiary/aromatic N) is 2. The summed E-state index contributed by atoms with van der Waals surface area (Å²) in [5.74, 6) is -1.06. The molecule has 1 atom stereocenters. The lowest BCUT2D eigenvalue weighted by molar-refractivity contribution is -0.139. The van der Waals surface area contributed by atoms with E-state index in [1.54, 1.807) is 23.1 Å². The molecule has 2 N–H and O–H groups in total. The average molecular weight is 381 g/mol. The highest BCUT2D eigenvalue weighted by Crippen LogP contribution is 2.21. The van der Waals surface area contributed by atoms with Crippen molar-refractivity contribution in [3.05, 3.63) is 64.7 Å². The Bertz CT molecular complexity index is 853. The fraction of sp³-hybridized carbons (Fsp3) is 0.364. The summed E-state index contributed by atoms with van der Waals surface area (Å²) in [5.41, 5.74) is 5.14. The zero-order valence-corrected chi connectivity index (χ0v) is 16.6. The van der Waals surface area contributed by atoms with Crippen LogP contribution < -0.4 is 10.2 Å². The van der Waals surface area contributed by atoms with Gasteiger partial charge in [0, 0.05) is 31.9 Å². The number of carboxylic acid groups (broad SMARTS) is 1. The average Bonchev–Trinajstić information content (AvgIpc) is 2.65. The second kappa shape index (κ2) is 8.33. The fourth-order valence-corrected chi connectivity index (χ4v) is 3.65. The van der Waals surface area contributed by atoms with Gasteiger partial charge in [0.25, 0.3) is 0 Å². The van der Waals surface area contributed by atoms with Gasteiger partial charge in [0.1, 0.15) is 0 Å². The fourth-order valence-electron chi connectivity index (χ4n) is 3.65. The van der Waals surface area contributed by atoms with Crippen molar-refractivity contribution in [1.29, 1.82) is 0 Å². The number of anilines is 1. The predicted octanol–water partition coefficient (Wildman–Crippen LogP) is 3.27. The van der Waals surface area contributed by atoms with E-state index in [1.165, 1.54) is 16.8 Å². The second-order valence-corrected chi connectivity index (χ2v) is 7.45. The quantitative estimate of drug-likeness (QED) is 0.853. The number of hydrogen-bond donors (Lipinski definition) is 2. The van der Waals surface area contributed by atoms with Crippen molar-refractivity contribution < 1.29 is 14.7 Å². The van der Waals surface area contributed by atoms with E-state index in [2.05, 4.69) is 42.3 Å². The van der Waals surface area contributed by atoms with Gasteiger partial charge in [-0.05, 0) is 49.6 Å². The van der Waals surface area contributed by atoms with Gasteiger partial charge in [-0.25, -0.2) is 9.59 Å². The van der Waals surface area contributed by atoms with Crippen molar-refractivity contribution in [3.8, 4) is 0 Å². The topological polar surface area (TPSA) is 72.9 Å². The lowest BCUT2D eigenvalue weighted by Crippen LogP contribution is -2.53. The van der Waals surface area contributed by atoms with E-state index in [0.717, 1.165) is 18.7 Å². The Balaban J connectivity index is 1.63. The van der Waals surface area contributed by atoms with E-state index in [9.17, 15) is 14.7 Å². The first kappa shape index (κ1) is 19.7. The first-order chi connectivity index (χ1) is 13.3. The molecule has 28 heavy (non-hydrogen) atoms. The van der Waals surface area contributed by atoms with Crippen LogP contribution in [-0.4, -0.2) is 48.2 Å². The number of benzene rings is 2. The molecule has 2 amide bonds. The summed E-state index contributed by atoms with van der Waals surface area (Å²) in [6.45, 7) is 8.61. The molecule has 1 heterocycles. The van der Waals surface area contributed by atoms with E-state index in [1.807, 2.05) is 13.0 Å². The minimum Gasteiger partial charge on any atom is -0.479 e. The highest BCUT2D eigenvalue weighted by Gasteiger charge is 2.27. The summed E-state index contributed by atoms with van der Waals surface area (Å²) in [6.07, 6.45) is 0. The number of carbonyl (C=O) groups excluding carboxylic acids is 1. The zero-order valence-electron chi connectivity index (χ0n) is 16.6. The molecule has 3 rings (SSSR count). The number of urea groups is 1. The van der Waals surface area contributed by atoms with Gasteiger partial charge in [-0.3, -0.25) is 0 Å². The van der Waals surface area contributed by atoms with Crippen molar-refractivity contribution in [1.82, 2.24) is 10.2 Å². The largest absolute Gasteiger partial charge is 0.479 e. The van der Waals surface area contributed by atoms with Gasteiger partial charge in [-0.15, -0.1) is 0 Å². The van der Waals surface area contributed by atoms with E-state index in [0.29, 0.717) is 18.7 Å². The molecule has 2 aromatic carbocycles. The molecule has 6 heteroatoms. The summed E-state index contributed by atoms with van der Waals surface area (Å²) < 4.78 is 0. The Morgan fingerprint density at radius 3 is 2.14 bits per heavy atom. The molecular weight excluding hydrogens is 354 g/mol. The molecule has 1 aliphatic heterocycles. The van der Waals surface area contributed by atoms with Crippen molar-refractivity contribution in [3.63, 3.8) is 0 Å². The van der Waals surface area contributed by atoms with Crippen LogP contribution in [0, 0.1) is 20.8 Å². The van der Waals surface area contributed by atoms with Crippen LogP contribution in [0.1, 0.15) is 28.3 Å². The lowest BCUT2D eigenvalue weighted by Gasteiger charge is -2.36. The third kappa shape index (κ3) is 4.63. The molecule has 148 valence electrons. The predicted molar refractivity (Wildman–Crippen MR) is 110 cm³/mol. The molecule has 1 saturated heterocycles. The summed E-state index contributed by atoms with van der Waals surface area (Å²) in [6, 6.07) is 12.3. The number of carboxylic acids is 1. The Hall–Kier alpha value is -3.02. The second-order valence-electron chi connectivity index (χ2n) is 7.45. The van der Waals surface area contributed by atoms with Crippen molar-refractivity contribution in [2.75, 3.05) is 31.1 Å². The number of aliphatic carboxylic acids is 1. The van der Waals surface area contributed by atoms with Crippen LogP contribution in [0.5, 0.6) is 0 Å². The van der Waals surface area contributed by atoms with Gasteiger partial charge in [-0.2, -0.15) is 0 Å². The van der Waals surface area contributed by atoms with Gasteiger partial charge in [0.05, 0.1) is 0 Å². The van der Waals surface area contributed by atoms with Crippen molar-refractivity contribution in [2.45, 2.75) is 26.8 Å². The number of rotatable bonds is 4. The summed E-state index contributed by atoms with van der Waals surface area (Å²) in [7, 11) is 0. The number of piperazine rings is 1.